The van der Waals surface area contributed by atoms with Crippen molar-refractivity contribution in [3.63, 3.8) is 0 Å². The fourth-order valence-electron chi connectivity index (χ4n) is 1.79. The number of rotatable bonds is 5. The Hall–Kier alpha value is -2.23. The van der Waals surface area contributed by atoms with Crippen LogP contribution in [0.5, 0.6) is 0 Å². The summed E-state index contributed by atoms with van der Waals surface area (Å²) in [7, 11) is -3.79. The highest BCUT2D eigenvalue weighted by Crippen LogP contribution is 2.17. The molecular formula is C15H16N2O5S2. The van der Waals surface area contributed by atoms with E-state index in [1.165, 1.54) is 42.5 Å². The molecule has 0 bridgehead atoms. The Morgan fingerprint density at radius 2 is 1.79 bits per heavy atom. The van der Waals surface area contributed by atoms with Crippen LogP contribution >= 0.6 is 11.3 Å². The molecule has 0 aliphatic carbocycles. The lowest BCUT2D eigenvalue weighted by Crippen LogP contribution is -2.29. The molecule has 0 aliphatic heterocycles. The zero-order valence-electron chi connectivity index (χ0n) is 13.0. The number of benzene rings is 1. The molecule has 2 rings (SSSR count). The topological polar surface area (TPSA) is 116 Å². The van der Waals surface area contributed by atoms with Gasteiger partial charge in [-0.25, -0.2) is 18.4 Å². The number of thiophene rings is 1. The molecule has 0 aliphatic rings. The van der Waals surface area contributed by atoms with E-state index in [2.05, 4.69) is 5.32 Å². The summed E-state index contributed by atoms with van der Waals surface area (Å²) in [6.07, 6.45) is -1.00. The summed E-state index contributed by atoms with van der Waals surface area (Å²) >= 11 is 1.28. The number of hydrogen-bond acceptors (Lipinski definition) is 6. The highest BCUT2D eigenvalue weighted by Gasteiger charge is 2.20. The smallest absolute Gasteiger partial charge is 0.349 e. The van der Waals surface area contributed by atoms with E-state index < -0.39 is 28.0 Å². The fourth-order valence-corrected chi connectivity index (χ4v) is 3.05. The molecule has 1 aromatic carbocycles. The summed E-state index contributed by atoms with van der Waals surface area (Å²) in [5.41, 5.74) is 0.363. The normalized spacial score (nSPS) is 12.5. The van der Waals surface area contributed by atoms with E-state index in [1.807, 2.05) is 6.92 Å². The number of nitrogens with two attached hydrogens (primary N) is 1. The Balaban J connectivity index is 1.97. The van der Waals surface area contributed by atoms with Gasteiger partial charge in [0.2, 0.25) is 10.0 Å². The molecule has 0 spiro atoms. The zero-order valence-corrected chi connectivity index (χ0v) is 14.6. The lowest BCUT2D eigenvalue weighted by Gasteiger charge is -2.13. The van der Waals surface area contributed by atoms with E-state index in [4.69, 9.17) is 9.88 Å². The van der Waals surface area contributed by atoms with Crippen LogP contribution in [0.25, 0.3) is 0 Å². The number of sulfonamides is 1. The molecule has 7 nitrogen and oxygen atoms in total. The van der Waals surface area contributed by atoms with Crippen molar-refractivity contribution in [3.05, 3.63) is 46.2 Å². The summed E-state index contributed by atoms with van der Waals surface area (Å²) in [6.45, 7) is 3.31. The number of nitrogens with one attached hydrogen (secondary N) is 1. The number of carbonyl (C=O) groups excluding carboxylic acids is 2. The first-order valence-corrected chi connectivity index (χ1v) is 9.24. The van der Waals surface area contributed by atoms with Gasteiger partial charge in [0.05, 0.1) is 4.90 Å². The third-order valence-electron chi connectivity index (χ3n) is 3.04. The molecule has 2 aromatic rings. The van der Waals surface area contributed by atoms with E-state index in [0.29, 0.717) is 10.6 Å². The second kappa shape index (κ2) is 7.12. The molecule has 3 N–H and O–H groups in total. The number of anilines is 1. The molecule has 9 heteroatoms. The van der Waals surface area contributed by atoms with E-state index in [1.54, 1.807) is 12.1 Å². The Bertz CT molecular complexity index is 856. The van der Waals surface area contributed by atoms with Crippen LogP contribution in [0.4, 0.5) is 5.69 Å². The van der Waals surface area contributed by atoms with Crippen LogP contribution in [0.1, 0.15) is 21.5 Å². The summed E-state index contributed by atoms with van der Waals surface area (Å²) in [4.78, 5) is 25.3. The lowest BCUT2D eigenvalue weighted by molar-refractivity contribution is -0.123. The number of esters is 1. The van der Waals surface area contributed by atoms with Crippen molar-refractivity contribution in [1.29, 1.82) is 0 Å². The molecule has 128 valence electrons. The maximum atomic E-state index is 12.0. The molecule has 0 fully saturated rings. The number of amides is 1. The first-order valence-electron chi connectivity index (χ1n) is 6.88. The zero-order chi connectivity index (χ0) is 17.9. The molecule has 1 amide bonds. The second-order valence-corrected chi connectivity index (χ2v) is 7.87. The minimum absolute atomic E-state index is 0.0620. The molecule has 24 heavy (non-hydrogen) atoms. The third-order valence-corrected chi connectivity index (χ3v) is 4.95. The predicted octanol–water partition coefficient (Wildman–Crippen LogP) is 1.89. The maximum absolute atomic E-state index is 12.0. The van der Waals surface area contributed by atoms with Crippen molar-refractivity contribution in [1.82, 2.24) is 0 Å². The highest BCUT2D eigenvalue weighted by molar-refractivity contribution is 7.89. The van der Waals surface area contributed by atoms with Gasteiger partial charge in [0.1, 0.15) is 4.88 Å². The van der Waals surface area contributed by atoms with Gasteiger partial charge in [-0.15, -0.1) is 11.3 Å². The van der Waals surface area contributed by atoms with Crippen molar-refractivity contribution in [2.75, 3.05) is 5.32 Å². The van der Waals surface area contributed by atoms with Crippen LogP contribution in [-0.2, 0) is 19.6 Å². The van der Waals surface area contributed by atoms with Gasteiger partial charge in [0, 0.05) is 10.6 Å². The number of hydrogen-bond donors (Lipinski definition) is 2. The van der Waals surface area contributed by atoms with Gasteiger partial charge >= 0.3 is 5.97 Å². The average molecular weight is 368 g/mol. The molecule has 1 atom stereocenters. The Morgan fingerprint density at radius 1 is 1.17 bits per heavy atom. The molecule has 1 heterocycles. The molecule has 1 aromatic heterocycles. The fraction of sp³-hybridized carbons (Fsp3) is 0.200. The third kappa shape index (κ3) is 4.63. The van der Waals surface area contributed by atoms with Crippen molar-refractivity contribution in [2.45, 2.75) is 24.8 Å². The van der Waals surface area contributed by atoms with Crippen LogP contribution < -0.4 is 10.5 Å². The van der Waals surface area contributed by atoms with Crippen molar-refractivity contribution >= 4 is 38.9 Å². The van der Waals surface area contributed by atoms with Gasteiger partial charge in [0.15, 0.2) is 6.10 Å². The molecule has 0 saturated carbocycles. The Labute approximate surface area is 143 Å². The second-order valence-electron chi connectivity index (χ2n) is 5.02. The van der Waals surface area contributed by atoms with Crippen molar-refractivity contribution < 1.29 is 22.7 Å². The maximum Gasteiger partial charge on any atom is 0.349 e. The number of carbonyl (C=O) groups is 2. The molecule has 0 radical (unpaired) electrons. The monoisotopic (exact) mass is 368 g/mol. The SMILES string of the molecule is Cc1ccc(C(=O)OC(C)C(=O)Nc2ccc(S(N)(=O)=O)cc2)s1. The van der Waals surface area contributed by atoms with Crippen LogP contribution in [0.15, 0.2) is 41.3 Å². The number of ether oxygens (including phenoxy) is 1. The first-order chi connectivity index (χ1) is 11.2. The predicted molar refractivity (Wildman–Crippen MR) is 90.4 cm³/mol. The van der Waals surface area contributed by atoms with E-state index >= 15 is 0 Å². The van der Waals surface area contributed by atoms with Crippen LogP contribution in [0.2, 0.25) is 0 Å². The van der Waals surface area contributed by atoms with Gasteiger partial charge in [-0.2, -0.15) is 0 Å². The quantitative estimate of drug-likeness (QED) is 0.782. The molecular weight excluding hydrogens is 352 g/mol. The summed E-state index contributed by atoms with van der Waals surface area (Å²) in [5, 5.41) is 7.53. The largest absolute Gasteiger partial charge is 0.448 e. The average Bonchev–Trinajstić information content (AvgIpc) is 2.93. The van der Waals surface area contributed by atoms with Crippen LogP contribution in [0.3, 0.4) is 0 Å². The van der Waals surface area contributed by atoms with Crippen LogP contribution in [-0.4, -0.2) is 26.4 Å². The lowest BCUT2D eigenvalue weighted by atomic mass is 10.3. The number of aryl methyl sites for hydroxylation is 1. The molecule has 0 saturated heterocycles. The van der Waals surface area contributed by atoms with E-state index in [9.17, 15) is 18.0 Å². The standard InChI is InChI=1S/C15H16N2O5S2/c1-9-3-8-13(23-9)15(19)22-10(2)14(18)17-11-4-6-12(7-5-11)24(16,20)21/h3-8,10H,1-2H3,(H,17,18)(H2,16,20,21). The Morgan fingerprint density at radius 3 is 2.29 bits per heavy atom. The van der Waals surface area contributed by atoms with E-state index in [0.717, 1.165) is 4.88 Å². The van der Waals surface area contributed by atoms with Gasteiger partial charge in [-0.05, 0) is 50.2 Å². The highest BCUT2D eigenvalue weighted by atomic mass is 32.2. The van der Waals surface area contributed by atoms with Crippen molar-refractivity contribution in [3.8, 4) is 0 Å². The van der Waals surface area contributed by atoms with E-state index in [-0.39, 0.29) is 4.90 Å². The number of primary sulfonamides is 1. The summed E-state index contributed by atoms with van der Waals surface area (Å²) in [6, 6.07) is 8.77. The minimum atomic E-state index is -3.79. The van der Waals surface area contributed by atoms with Crippen molar-refractivity contribution in [2.24, 2.45) is 5.14 Å². The molecule has 1 unspecified atom stereocenters. The van der Waals surface area contributed by atoms with Gasteiger partial charge in [-0.3, -0.25) is 4.79 Å². The summed E-state index contributed by atoms with van der Waals surface area (Å²) in [5.74, 6) is -1.10. The Kier molecular flexibility index (Phi) is 5.37. The van der Waals surface area contributed by atoms with Gasteiger partial charge < -0.3 is 10.1 Å². The van der Waals surface area contributed by atoms with Gasteiger partial charge in [0.25, 0.3) is 5.91 Å². The minimum Gasteiger partial charge on any atom is -0.448 e. The van der Waals surface area contributed by atoms with Gasteiger partial charge in [-0.1, -0.05) is 0 Å². The summed E-state index contributed by atoms with van der Waals surface area (Å²) < 4.78 is 27.4. The van der Waals surface area contributed by atoms with Crippen LogP contribution in [0, 0.1) is 6.92 Å². The first kappa shape index (κ1) is 18.1.